The van der Waals surface area contributed by atoms with Crippen molar-refractivity contribution in [2.24, 2.45) is 0 Å². The number of anilines is 1. The Morgan fingerprint density at radius 1 is 1.16 bits per heavy atom. The number of hydrogen-bond donors (Lipinski definition) is 2. The minimum atomic E-state index is -4.34. The van der Waals surface area contributed by atoms with Crippen molar-refractivity contribution < 1.29 is 18.0 Å². The number of aromatic nitrogens is 2. The fraction of sp³-hybridized carbons (Fsp3) is 0.500. The number of amides is 1. The molecule has 3 rings (SSSR count). The first kappa shape index (κ1) is 23.8. The van der Waals surface area contributed by atoms with Crippen LogP contribution in [0, 0.1) is 13.8 Å². The van der Waals surface area contributed by atoms with E-state index in [-0.39, 0.29) is 5.56 Å². The van der Waals surface area contributed by atoms with Crippen molar-refractivity contribution >= 4 is 11.6 Å². The summed E-state index contributed by atoms with van der Waals surface area (Å²) in [7, 11) is 0. The summed E-state index contributed by atoms with van der Waals surface area (Å²) in [4.78, 5) is 28.4. The van der Waals surface area contributed by atoms with E-state index < -0.39 is 23.2 Å². The number of unbranched alkanes of at least 4 members (excludes halogenated alkanes) is 1. The molecule has 2 heterocycles. The van der Waals surface area contributed by atoms with Gasteiger partial charge >= 0.3 is 6.18 Å². The number of rotatable bonds is 7. The third kappa shape index (κ3) is 5.87. The lowest BCUT2D eigenvalue weighted by Crippen LogP contribution is -2.46. The predicted molar refractivity (Wildman–Crippen MR) is 116 cm³/mol. The van der Waals surface area contributed by atoms with Crippen LogP contribution in [0.4, 0.5) is 18.9 Å². The van der Waals surface area contributed by atoms with Gasteiger partial charge in [0.05, 0.1) is 11.3 Å². The van der Waals surface area contributed by atoms with E-state index in [1.165, 1.54) is 12.1 Å². The number of carbonyl (C=O) groups excluding carboxylic acids is 1. The van der Waals surface area contributed by atoms with Crippen molar-refractivity contribution in [2.75, 3.05) is 44.2 Å². The highest BCUT2D eigenvalue weighted by Crippen LogP contribution is 2.31. The Morgan fingerprint density at radius 3 is 2.56 bits per heavy atom. The molecule has 1 aliphatic rings. The SMILES string of the molecule is Cc1n[nH]c(=O)c(C(=O)NCCCCN2CCN(c3cccc(C(F)(F)F)c3)CC2)c1C. The molecule has 0 spiro atoms. The fourth-order valence-electron chi connectivity index (χ4n) is 3.76. The number of aromatic amines is 1. The number of piperazine rings is 1. The van der Waals surface area contributed by atoms with Crippen LogP contribution in [0.15, 0.2) is 29.1 Å². The number of benzene rings is 1. The van der Waals surface area contributed by atoms with Crippen molar-refractivity contribution in [1.82, 2.24) is 20.4 Å². The molecule has 0 saturated carbocycles. The minimum absolute atomic E-state index is 0.100. The zero-order valence-corrected chi connectivity index (χ0v) is 18.3. The number of H-pyrrole nitrogens is 1. The van der Waals surface area contributed by atoms with E-state index in [1.807, 2.05) is 4.90 Å². The summed E-state index contributed by atoms with van der Waals surface area (Å²) >= 11 is 0. The lowest BCUT2D eigenvalue weighted by Gasteiger charge is -2.36. The van der Waals surface area contributed by atoms with Crippen LogP contribution in [0.3, 0.4) is 0 Å². The molecule has 0 atom stereocenters. The van der Waals surface area contributed by atoms with Crippen LogP contribution in [0.25, 0.3) is 0 Å². The standard InChI is InChI=1S/C22H28F3N5O2/c1-15-16(2)27-28-21(32)19(15)20(31)26-8-3-4-9-29-10-12-30(13-11-29)18-7-5-6-17(14-18)22(23,24)25/h5-7,14H,3-4,8-13H2,1-2H3,(H,26,31)(H,28,32). The highest BCUT2D eigenvalue weighted by molar-refractivity contribution is 5.95. The quantitative estimate of drug-likeness (QED) is 0.633. The summed E-state index contributed by atoms with van der Waals surface area (Å²) in [6.45, 7) is 7.62. The second-order valence-corrected chi connectivity index (χ2v) is 7.98. The number of carbonyl (C=O) groups is 1. The molecule has 1 aromatic heterocycles. The maximum Gasteiger partial charge on any atom is 0.416 e. The van der Waals surface area contributed by atoms with Crippen LogP contribution >= 0.6 is 0 Å². The van der Waals surface area contributed by atoms with Crippen molar-refractivity contribution in [3.63, 3.8) is 0 Å². The Bertz CT molecular complexity index is 998. The molecule has 1 amide bonds. The number of nitrogens with zero attached hydrogens (tertiary/aromatic N) is 3. The van der Waals surface area contributed by atoms with Gasteiger partial charge in [-0.25, -0.2) is 5.10 Å². The van der Waals surface area contributed by atoms with Gasteiger partial charge in [-0.05, 0) is 57.0 Å². The summed E-state index contributed by atoms with van der Waals surface area (Å²) in [6.07, 6.45) is -2.70. The van der Waals surface area contributed by atoms with E-state index >= 15 is 0 Å². The van der Waals surface area contributed by atoms with Gasteiger partial charge in [0, 0.05) is 38.4 Å². The van der Waals surface area contributed by atoms with E-state index in [1.54, 1.807) is 19.9 Å². The minimum Gasteiger partial charge on any atom is -0.369 e. The van der Waals surface area contributed by atoms with Crippen molar-refractivity contribution in [1.29, 1.82) is 0 Å². The number of alkyl halides is 3. The highest BCUT2D eigenvalue weighted by atomic mass is 19.4. The molecule has 0 radical (unpaired) electrons. The normalized spacial score (nSPS) is 15.1. The van der Waals surface area contributed by atoms with Gasteiger partial charge in [-0.15, -0.1) is 0 Å². The summed E-state index contributed by atoms with van der Waals surface area (Å²) in [5.41, 5.74) is 0.758. The molecular formula is C22H28F3N5O2. The molecule has 1 aromatic carbocycles. The Labute approximate surface area is 184 Å². The first-order chi connectivity index (χ1) is 15.2. The maximum absolute atomic E-state index is 12.9. The zero-order chi connectivity index (χ0) is 23.3. The molecule has 2 N–H and O–H groups in total. The van der Waals surface area contributed by atoms with Crippen LogP contribution in [-0.4, -0.2) is 60.3 Å². The van der Waals surface area contributed by atoms with Crippen LogP contribution in [-0.2, 0) is 6.18 Å². The summed E-state index contributed by atoms with van der Waals surface area (Å²) < 4.78 is 38.8. The summed E-state index contributed by atoms with van der Waals surface area (Å²) in [5.74, 6) is -0.399. The molecule has 1 saturated heterocycles. The van der Waals surface area contributed by atoms with E-state index in [2.05, 4.69) is 20.4 Å². The Kier molecular flexibility index (Phi) is 7.55. The molecule has 0 bridgehead atoms. The van der Waals surface area contributed by atoms with Crippen LogP contribution in [0.5, 0.6) is 0 Å². The molecule has 1 aliphatic heterocycles. The van der Waals surface area contributed by atoms with E-state index in [0.29, 0.717) is 36.6 Å². The van der Waals surface area contributed by atoms with Gasteiger partial charge in [0.1, 0.15) is 5.56 Å². The number of halogens is 3. The monoisotopic (exact) mass is 451 g/mol. The van der Waals surface area contributed by atoms with Crippen molar-refractivity contribution in [3.05, 3.63) is 57.0 Å². The van der Waals surface area contributed by atoms with Gasteiger partial charge in [-0.2, -0.15) is 18.3 Å². The van der Waals surface area contributed by atoms with Gasteiger partial charge < -0.3 is 10.2 Å². The van der Waals surface area contributed by atoms with Crippen LogP contribution < -0.4 is 15.8 Å². The first-order valence-corrected chi connectivity index (χ1v) is 10.7. The Hall–Kier alpha value is -2.88. The lowest BCUT2D eigenvalue weighted by molar-refractivity contribution is -0.137. The van der Waals surface area contributed by atoms with E-state index in [4.69, 9.17) is 0 Å². The van der Waals surface area contributed by atoms with Crippen molar-refractivity contribution in [3.8, 4) is 0 Å². The average Bonchev–Trinajstić information content (AvgIpc) is 2.76. The number of aryl methyl sites for hydroxylation is 1. The molecule has 1 fully saturated rings. The molecule has 10 heteroatoms. The molecular weight excluding hydrogens is 423 g/mol. The van der Waals surface area contributed by atoms with E-state index in [0.717, 1.165) is 38.5 Å². The number of hydrogen-bond acceptors (Lipinski definition) is 5. The topological polar surface area (TPSA) is 81.3 Å². The van der Waals surface area contributed by atoms with Crippen LogP contribution in [0.2, 0.25) is 0 Å². The van der Waals surface area contributed by atoms with Gasteiger partial charge in [-0.3, -0.25) is 14.5 Å². The smallest absolute Gasteiger partial charge is 0.369 e. The fourth-order valence-corrected chi connectivity index (χ4v) is 3.76. The molecule has 7 nitrogen and oxygen atoms in total. The van der Waals surface area contributed by atoms with Crippen LogP contribution in [0.1, 0.15) is 40.0 Å². The molecule has 32 heavy (non-hydrogen) atoms. The van der Waals surface area contributed by atoms with Crippen molar-refractivity contribution in [2.45, 2.75) is 32.9 Å². The largest absolute Gasteiger partial charge is 0.416 e. The highest BCUT2D eigenvalue weighted by Gasteiger charge is 2.31. The van der Waals surface area contributed by atoms with Gasteiger partial charge in [0.15, 0.2) is 0 Å². The summed E-state index contributed by atoms with van der Waals surface area (Å²) in [5, 5.41) is 8.96. The third-order valence-corrected chi connectivity index (χ3v) is 5.79. The zero-order valence-electron chi connectivity index (χ0n) is 18.3. The second-order valence-electron chi connectivity index (χ2n) is 7.98. The second kappa shape index (κ2) is 10.2. The maximum atomic E-state index is 12.9. The third-order valence-electron chi connectivity index (χ3n) is 5.79. The summed E-state index contributed by atoms with van der Waals surface area (Å²) in [6, 6.07) is 5.45. The Morgan fingerprint density at radius 2 is 1.88 bits per heavy atom. The lowest BCUT2D eigenvalue weighted by atomic mass is 10.1. The molecule has 0 unspecified atom stereocenters. The van der Waals surface area contributed by atoms with E-state index in [9.17, 15) is 22.8 Å². The van der Waals surface area contributed by atoms with Gasteiger partial charge in [0.25, 0.3) is 11.5 Å². The average molecular weight is 451 g/mol. The predicted octanol–water partition coefficient (Wildman–Crippen LogP) is 2.74. The first-order valence-electron chi connectivity index (χ1n) is 10.7. The Balaban J connectivity index is 1.39. The van der Waals surface area contributed by atoms with Gasteiger partial charge in [0.2, 0.25) is 0 Å². The molecule has 174 valence electrons. The molecule has 0 aliphatic carbocycles. The molecule has 2 aromatic rings. The number of nitrogens with one attached hydrogen (secondary N) is 2. The van der Waals surface area contributed by atoms with Gasteiger partial charge in [-0.1, -0.05) is 6.07 Å².